The van der Waals surface area contributed by atoms with Crippen LogP contribution in [-0.2, 0) is 12.3 Å². The normalized spacial score (nSPS) is 11.1. The summed E-state index contributed by atoms with van der Waals surface area (Å²) in [4.78, 5) is 6.11. The maximum absolute atomic E-state index is 6.16. The molecule has 4 rings (SSSR count). The van der Waals surface area contributed by atoms with E-state index in [1.807, 2.05) is 42.1 Å². The van der Waals surface area contributed by atoms with Crippen LogP contribution < -0.4 is 0 Å². The highest BCUT2D eigenvalue weighted by atomic mass is 35.5. The van der Waals surface area contributed by atoms with Gasteiger partial charge in [-0.1, -0.05) is 54.1 Å². The summed E-state index contributed by atoms with van der Waals surface area (Å²) in [7, 11) is 0. The summed E-state index contributed by atoms with van der Waals surface area (Å²) in [5.74, 6) is 1.91. The lowest BCUT2D eigenvalue weighted by Gasteiger charge is -2.10. The van der Waals surface area contributed by atoms with Gasteiger partial charge in [-0.25, -0.2) is 4.98 Å². The molecule has 0 aliphatic heterocycles. The third-order valence-corrected chi connectivity index (χ3v) is 5.32. The first-order valence-corrected chi connectivity index (χ1v) is 9.52. The van der Waals surface area contributed by atoms with Crippen LogP contribution in [0.15, 0.2) is 83.8 Å². The molecule has 0 bridgehead atoms. The molecule has 2 nitrogen and oxygen atoms in total. The molecular weight excluding hydrogens is 348 g/mol. The number of benzene rings is 3. The van der Waals surface area contributed by atoms with E-state index in [-0.39, 0.29) is 0 Å². The zero-order valence-corrected chi connectivity index (χ0v) is 15.2. The Hall–Kier alpha value is -2.23. The summed E-state index contributed by atoms with van der Waals surface area (Å²) < 4.78 is 2.29. The van der Waals surface area contributed by atoms with Crippen molar-refractivity contribution in [3.63, 3.8) is 0 Å². The van der Waals surface area contributed by atoms with Crippen LogP contribution in [0.5, 0.6) is 0 Å². The average molecular weight is 365 g/mol. The predicted molar refractivity (Wildman–Crippen MR) is 106 cm³/mol. The van der Waals surface area contributed by atoms with Crippen LogP contribution in [0.3, 0.4) is 0 Å². The molecule has 124 valence electrons. The standard InChI is InChI=1S/C21H17ClN2S/c22-17-8-6-7-16(13-17)14-24-20-12-5-4-11-19(20)23-21(24)15-25-18-9-2-1-3-10-18/h1-13H,14-15H2. The molecule has 0 unspecified atom stereocenters. The van der Waals surface area contributed by atoms with Gasteiger partial charge in [0.2, 0.25) is 0 Å². The predicted octanol–water partition coefficient (Wildman–Crippen LogP) is 6.03. The molecule has 0 aliphatic carbocycles. The number of nitrogens with zero attached hydrogens (tertiary/aromatic N) is 2. The van der Waals surface area contributed by atoms with Crippen molar-refractivity contribution in [1.82, 2.24) is 9.55 Å². The maximum Gasteiger partial charge on any atom is 0.120 e. The van der Waals surface area contributed by atoms with Gasteiger partial charge in [-0.3, -0.25) is 0 Å². The van der Waals surface area contributed by atoms with E-state index in [4.69, 9.17) is 16.6 Å². The summed E-state index contributed by atoms with van der Waals surface area (Å²) >= 11 is 7.96. The van der Waals surface area contributed by atoms with Crippen LogP contribution >= 0.6 is 23.4 Å². The number of thioether (sulfide) groups is 1. The molecule has 3 aromatic carbocycles. The van der Waals surface area contributed by atoms with E-state index in [0.717, 1.165) is 34.2 Å². The minimum absolute atomic E-state index is 0.766. The number of hydrogen-bond donors (Lipinski definition) is 0. The molecule has 0 aliphatic rings. The Morgan fingerprint density at radius 3 is 2.52 bits per heavy atom. The van der Waals surface area contributed by atoms with Crippen LogP contribution in [0.2, 0.25) is 5.02 Å². The Morgan fingerprint density at radius 2 is 1.68 bits per heavy atom. The van der Waals surface area contributed by atoms with E-state index in [1.165, 1.54) is 10.5 Å². The molecule has 0 spiro atoms. The highest BCUT2D eigenvalue weighted by molar-refractivity contribution is 7.98. The molecule has 0 atom stereocenters. The summed E-state index contributed by atoms with van der Waals surface area (Å²) in [5, 5.41) is 0.766. The van der Waals surface area contributed by atoms with E-state index in [2.05, 4.69) is 53.1 Å². The topological polar surface area (TPSA) is 17.8 Å². The third kappa shape index (κ3) is 3.73. The molecule has 0 fully saturated rings. The molecule has 4 aromatic rings. The monoisotopic (exact) mass is 364 g/mol. The summed E-state index contributed by atoms with van der Waals surface area (Å²) in [6, 6.07) is 26.8. The molecular formula is C21H17ClN2S. The number of para-hydroxylation sites is 2. The van der Waals surface area contributed by atoms with Crippen molar-refractivity contribution >= 4 is 34.4 Å². The smallest absolute Gasteiger partial charge is 0.120 e. The minimum atomic E-state index is 0.766. The molecule has 0 saturated carbocycles. The van der Waals surface area contributed by atoms with Crippen LogP contribution in [-0.4, -0.2) is 9.55 Å². The van der Waals surface area contributed by atoms with Gasteiger partial charge in [-0.05, 0) is 42.0 Å². The zero-order chi connectivity index (χ0) is 17.1. The lowest BCUT2D eigenvalue weighted by atomic mass is 10.2. The zero-order valence-electron chi connectivity index (χ0n) is 13.6. The summed E-state index contributed by atoms with van der Waals surface area (Å²) in [6.45, 7) is 0.770. The first-order valence-electron chi connectivity index (χ1n) is 8.16. The highest BCUT2D eigenvalue weighted by Crippen LogP contribution is 2.26. The molecule has 4 heteroatoms. The van der Waals surface area contributed by atoms with E-state index in [0.29, 0.717) is 0 Å². The molecule has 1 aromatic heterocycles. The first-order chi connectivity index (χ1) is 12.3. The Labute approximate surface area is 156 Å². The van der Waals surface area contributed by atoms with Gasteiger partial charge in [0.05, 0.1) is 16.8 Å². The van der Waals surface area contributed by atoms with Crippen LogP contribution in [0.4, 0.5) is 0 Å². The van der Waals surface area contributed by atoms with Crippen molar-refractivity contribution in [1.29, 1.82) is 0 Å². The minimum Gasteiger partial charge on any atom is -0.323 e. The number of fused-ring (bicyclic) bond motifs is 1. The second-order valence-corrected chi connectivity index (χ2v) is 7.32. The molecule has 1 heterocycles. The highest BCUT2D eigenvalue weighted by Gasteiger charge is 2.11. The number of imidazole rings is 1. The Bertz CT molecular complexity index is 995. The van der Waals surface area contributed by atoms with Crippen molar-refractivity contribution < 1.29 is 0 Å². The van der Waals surface area contributed by atoms with Crippen molar-refractivity contribution in [2.75, 3.05) is 0 Å². The fourth-order valence-corrected chi connectivity index (χ4v) is 3.97. The molecule has 0 radical (unpaired) electrons. The van der Waals surface area contributed by atoms with Crippen molar-refractivity contribution in [3.8, 4) is 0 Å². The Balaban J connectivity index is 1.68. The molecule has 0 amide bonds. The first kappa shape index (κ1) is 16.2. The van der Waals surface area contributed by atoms with Gasteiger partial charge in [0.1, 0.15) is 5.82 Å². The lowest BCUT2D eigenvalue weighted by Crippen LogP contribution is -2.04. The van der Waals surface area contributed by atoms with Gasteiger partial charge in [0, 0.05) is 16.5 Å². The quantitative estimate of drug-likeness (QED) is 0.402. The largest absolute Gasteiger partial charge is 0.323 e. The lowest BCUT2D eigenvalue weighted by molar-refractivity contribution is 0.780. The Kier molecular flexibility index (Phi) is 4.77. The number of rotatable bonds is 5. The number of hydrogen-bond acceptors (Lipinski definition) is 2. The van der Waals surface area contributed by atoms with Crippen molar-refractivity contribution in [2.45, 2.75) is 17.2 Å². The van der Waals surface area contributed by atoms with Crippen LogP contribution in [0.25, 0.3) is 11.0 Å². The molecule has 0 saturated heterocycles. The van der Waals surface area contributed by atoms with E-state index < -0.39 is 0 Å². The van der Waals surface area contributed by atoms with Crippen molar-refractivity contribution in [3.05, 3.63) is 95.3 Å². The fraction of sp³-hybridized carbons (Fsp3) is 0.0952. The van der Waals surface area contributed by atoms with E-state index in [1.54, 1.807) is 0 Å². The average Bonchev–Trinajstić information content (AvgIpc) is 2.99. The number of aromatic nitrogens is 2. The van der Waals surface area contributed by atoms with Crippen LogP contribution in [0.1, 0.15) is 11.4 Å². The Morgan fingerprint density at radius 1 is 0.880 bits per heavy atom. The second kappa shape index (κ2) is 7.34. The SMILES string of the molecule is Clc1cccc(Cn2c(CSc3ccccc3)nc3ccccc32)c1. The van der Waals surface area contributed by atoms with Gasteiger partial charge < -0.3 is 4.57 Å². The molecule has 0 N–H and O–H groups in total. The van der Waals surface area contributed by atoms with Crippen molar-refractivity contribution in [2.24, 2.45) is 0 Å². The van der Waals surface area contributed by atoms with Gasteiger partial charge >= 0.3 is 0 Å². The maximum atomic E-state index is 6.16. The summed E-state index contributed by atoms with van der Waals surface area (Å²) in [5.41, 5.74) is 3.38. The third-order valence-electron chi connectivity index (χ3n) is 4.07. The van der Waals surface area contributed by atoms with Gasteiger partial charge in [-0.2, -0.15) is 0 Å². The second-order valence-electron chi connectivity index (χ2n) is 5.83. The van der Waals surface area contributed by atoms with E-state index >= 15 is 0 Å². The number of halogens is 1. The van der Waals surface area contributed by atoms with Gasteiger partial charge in [0.15, 0.2) is 0 Å². The van der Waals surface area contributed by atoms with Gasteiger partial charge in [0.25, 0.3) is 0 Å². The summed E-state index contributed by atoms with van der Waals surface area (Å²) in [6.07, 6.45) is 0. The van der Waals surface area contributed by atoms with Crippen LogP contribution in [0, 0.1) is 0 Å². The fourth-order valence-electron chi connectivity index (χ4n) is 2.89. The molecule has 25 heavy (non-hydrogen) atoms. The van der Waals surface area contributed by atoms with E-state index in [9.17, 15) is 0 Å². The van der Waals surface area contributed by atoms with Gasteiger partial charge in [-0.15, -0.1) is 11.8 Å².